The van der Waals surface area contributed by atoms with Gasteiger partial charge in [0, 0.05) is 37.9 Å². The van der Waals surface area contributed by atoms with Gasteiger partial charge in [-0.25, -0.2) is 14.8 Å². The Labute approximate surface area is 155 Å². The summed E-state index contributed by atoms with van der Waals surface area (Å²) < 4.78 is 11.0. The Kier molecular flexibility index (Phi) is 5.37. The fourth-order valence-electron chi connectivity index (χ4n) is 3.47. The van der Waals surface area contributed by atoms with Crippen LogP contribution < -0.4 is 5.32 Å². The number of hydrogen-bond acceptors (Lipinski definition) is 6. The fourth-order valence-corrected chi connectivity index (χ4v) is 3.47. The molecule has 0 bridgehead atoms. The van der Waals surface area contributed by atoms with Gasteiger partial charge in [0.1, 0.15) is 5.60 Å². The molecule has 2 aliphatic heterocycles. The Hall–Kier alpha value is -1.89. The topological polar surface area (TPSA) is 76.6 Å². The molecule has 0 radical (unpaired) electrons. The van der Waals surface area contributed by atoms with Gasteiger partial charge in [-0.15, -0.1) is 0 Å². The number of nitrogens with zero attached hydrogens (tertiary/aromatic N) is 3. The largest absolute Gasteiger partial charge is 0.444 e. The zero-order chi connectivity index (χ0) is 18.9. The van der Waals surface area contributed by atoms with Crippen molar-refractivity contribution in [1.29, 1.82) is 0 Å². The molecular weight excluding hydrogens is 332 g/mol. The maximum atomic E-state index is 12.6. The summed E-state index contributed by atoms with van der Waals surface area (Å²) in [5.74, 6) is 0.798. The molecular formula is C19H30N4O3. The van der Waals surface area contributed by atoms with Crippen LogP contribution in [0.4, 0.5) is 10.7 Å². The summed E-state index contributed by atoms with van der Waals surface area (Å²) in [4.78, 5) is 23.6. The Morgan fingerprint density at radius 3 is 2.65 bits per heavy atom. The van der Waals surface area contributed by atoms with Crippen molar-refractivity contribution in [2.45, 2.75) is 71.1 Å². The molecule has 2 atom stereocenters. The lowest BCUT2D eigenvalue weighted by Gasteiger charge is -2.38. The Balaban J connectivity index is 1.79. The molecule has 1 aromatic heterocycles. The molecule has 2 unspecified atom stereocenters. The maximum absolute atomic E-state index is 12.6. The van der Waals surface area contributed by atoms with Gasteiger partial charge < -0.3 is 14.8 Å². The number of fused-ring (bicyclic) bond motifs is 1. The van der Waals surface area contributed by atoms with Crippen LogP contribution in [0.2, 0.25) is 0 Å². The van der Waals surface area contributed by atoms with Crippen molar-refractivity contribution in [3.63, 3.8) is 0 Å². The Morgan fingerprint density at radius 2 is 2.00 bits per heavy atom. The normalized spacial score (nSPS) is 24.1. The Bertz CT molecular complexity index is 653. The Morgan fingerprint density at radius 1 is 1.31 bits per heavy atom. The molecule has 1 aromatic rings. The van der Waals surface area contributed by atoms with Crippen molar-refractivity contribution in [3.8, 4) is 0 Å². The number of carbonyl (C=O) groups is 1. The number of aromatic nitrogens is 2. The van der Waals surface area contributed by atoms with Crippen LogP contribution in [0, 0.1) is 0 Å². The van der Waals surface area contributed by atoms with Crippen molar-refractivity contribution in [2.24, 2.45) is 0 Å². The second-order valence-electron chi connectivity index (χ2n) is 8.27. The van der Waals surface area contributed by atoms with E-state index in [-0.39, 0.29) is 18.1 Å². The summed E-state index contributed by atoms with van der Waals surface area (Å²) in [6.45, 7) is 11.9. The van der Waals surface area contributed by atoms with Gasteiger partial charge in [-0.3, -0.25) is 4.90 Å². The van der Waals surface area contributed by atoms with Crippen LogP contribution in [-0.4, -0.2) is 52.4 Å². The third-order valence-electron chi connectivity index (χ3n) is 4.90. The van der Waals surface area contributed by atoms with Crippen LogP contribution in [-0.2, 0) is 9.47 Å². The van der Waals surface area contributed by atoms with Crippen LogP contribution in [0.5, 0.6) is 0 Å². The van der Waals surface area contributed by atoms with Crippen molar-refractivity contribution >= 4 is 12.0 Å². The fraction of sp³-hybridized carbons (Fsp3) is 0.737. The van der Waals surface area contributed by atoms with Crippen molar-refractivity contribution in [3.05, 3.63) is 17.5 Å². The highest BCUT2D eigenvalue weighted by Crippen LogP contribution is 2.35. The van der Waals surface area contributed by atoms with Gasteiger partial charge in [0.15, 0.2) is 0 Å². The lowest BCUT2D eigenvalue weighted by atomic mass is 9.92. The van der Waals surface area contributed by atoms with Crippen LogP contribution in [0.25, 0.3) is 0 Å². The van der Waals surface area contributed by atoms with E-state index < -0.39 is 5.60 Å². The van der Waals surface area contributed by atoms with Gasteiger partial charge >= 0.3 is 6.09 Å². The number of carbonyl (C=O) groups excluding carboxylic acids is 1. The molecule has 3 rings (SSSR count). The van der Waals surface area contributed by atoms with Gasteiger partial charge in [0.05, 0.1) is 11.7 Å². The zero-order valence-electron chi connectivity index (χ0n) is 16.4. The minimum absolute atomic E-state index is 0.144. The maximum Gasteiger partial charge on any atom is 0.410 e. The molecule has 144 valence electrons. The summed E-state index contributed by atoms with van der Waals surface area (Å²) >= 11 is 0. The molecule has 0 aromatic carbocycles. The molecule has 1 amide bonds. The number of amides is 1. The quantitative estimate of drug-likeness (QED) is 0.868. The molecule has 2 aliphatic rings. The van der Waals surface area contributed by atoms with E-state index >= 15 is 0 Å². The molecule has 0 aliphatic carbocycles. The van der Waals surface area contributed by atoms with Crippen LogP contribution in [0.3, 0.4) is 0 Å². The number of nitrogens with one attached hydrogen (secondary N) is 1. The average Bonchev–Trinajstić information content (AvgIpc) is 2.57. The second-order valence-corrected chi connectivity index (χ2v) is 8.27. The number of hydrogen-bond donors (Lipinski definition) is 1. The molecule has 1 fully saturated rings. The third kappa shape index (κ3) is 4.26. The molecule has 0 saturated carbocycles. The van der Waals surface area contributed by atoms with Gasteiger partial charge in [-0.05, 0) is 46.1 Å². The van der Waals surface area contributed by atoms with Crippen molar-refractivity contribution in [1.82, 2.24) is 14.9 Å². The van der Waals surface area contributed by atoms with E-state index in [0.29, 0.717) is 18.5 Å². The molecule has 26 heavy (non-hydrogen) atoms. The molecule has 3 heterocycles. The van der Waals surface area contributed by atoms with Gasteiger partial charge in [-0.1, -0.05) is 6.92 Å². The van der Waals surface area contributed by atoms with Crippen LogP contribution in [0.1, 0.15) is 70.7 Å². The van der Waals surface area contributed by atoms with E-state index in [4.69, 9.17) is 14.5 Å². The minimum Gasteiger partial charge on any atom is -0.444 e. The second kappa shape index (κ2) is 7.39. The number of anilines is 1. The molecule has 0 spiro atoms. The smallest absolute Gasteiger partial charge is 0.410 e. The summed E-state index contributed by atoms with van der Waals surface area (Å²) in [7, 11) is 0. The van der Waals surface area contributed by atoms with Gasteiger partial charge in [-0.2, -0.15) is 0 Å². The summed E-state index contributed by atoms with van der Waals surface area (Å²) in [5.41, 5.74) is 1.50. The molecule has 1 N–H and O–H groups in total. The van der Waals surface area contributed by atoms with E-state index in [0.717, 1.165) is 37.3 Å². The van der Waals surface area contributed by atoms with E-state index in [1.807, 2.05) is 33.9 Å². The minimum atomic E-state index is -0.512. The highest BCUT2D eigenvalue weighted by molar-refractivity contribution is 5.69. The predicted octanol–water partition coefficient (Wildman–Crippen LogP) is 3.48. The third-order valence-corrected chi connectivity index (χ3v) is 4.90. The predicted molar refractivity (Wildman–Crippen MR) is 99.3 cm³/mol. The van der Waals surface area contributed by atoms with E-state index in [1.54, 1.807) is 4.90 Å². The molecule has 1 saturated heterocycles. The first-order valence-electron chi connectivity index (χ1n) is 9.45. The highest BCUT2D eigenvalue weighted by atomic mass is 16.6. The molecule has 7 heteroatoms. The van der Waals surface area contributed by atoms with E-state index in [1.165, 1.54) is 0 Å². The van der Waals surface area contributed by atoms with Crippen molar-refractivity contribution in [2.75, 3.05) is 25.1 Å². The van der Waals surface area contributed by atoms with E-state index in [2.05, 4.69) is 17.2 Å². The van der Waals surface area contributed by atoms with Crippen molar-refractivity contribution < 1.29 is 14.3 Å². The number of rotatable bonds is 2. The van der Waals surface area contributed by atoms with Crippen LogP contribution in [0.15, 0.2) is 6.20 Å². The zero-order valence-corrected chi connectivity index (χ0v) is 16.4. The van der Waals surface area contributed by atoms with Gasteiger partial charge in [0.2, 0.25) is 5.95 Å². The summed E-state index contributed by atoms with van der Waals surface area (Å²) in [6.07, 6.45) is 3.52. The summed E-state index contributed by atoms with van der Waals surface area (Å²) in [6, 6.07) is 0.189. The average molecular weight is 362 g/mol. The first kappa shape index (κ1) is 18.9. The lowest BCUT2D eigenvalue weighted by molar-refractivity contribution is 0.0136. The monoisotopic (exact) mass is 362 g/mol. The summed E-state index contributed by atoms with van der Waals surface area (Å²) in [5, 5.41) is 3.41. The standard InChI is InChI=1S/C19H30N4O3/c1-12-11-23(18(24)26-19(3,4)5)13(2)16-15(12)10-20-17(22-16)21-14-6-8-25-9-7-14/h10,12-14H,6-9,11H2,1-5H3,(H,20,21,22). The molecule has 7 nitrogen and oxygen atoms in total. The van der Waals surface area contributed by atoms with Gasteiger partial charge in [0.25, 0.3) is 0 Å². The lowest BCUT2D eigenvalue weighted by Crippen LogP contribution is -2.43. The SMILES string of the molecule is CC1CN(C(=O)OC(C)(C)C)C(C)c2nc(NC3CCOCC3)ncc21. The number of ether oxygens (including phenoxy) is 2. The van der Waals surface area contributed by atoms with E-state index in [9.17, 15) is 4.79 Å². The first-order chi connectivity index (χ1) is 12.2. The first-order valence-corrected chi connectivity index (χ1v) is 9.45. The highest BCUT2D eigenvalue weighted by Gasteiger charge is 2.35. The van der Waals surface area contributed by atoms with Crippen LogP contribution >= 0.6 is 0 Å².